The second-order valence-corrected chi connectivity index (χ2v) is 8.61. The van der Waals surface area contributed by atoms with Gasteiger partial charge in [-0.15, -0.1) is 0 Å². The number of hydrazine groups is 1. The molecule has 6 nitrogen and oxygen atoms in total. The highest BCUT2D eigenvalue weighted by atomic mass is 16.7. The number of rotatable bonds is 3. The summed E-state index contributed by atoms with van der Waals surface area (Å²) in [6.45, 7) is 13.8. The van der Waals surface area contributed by atoms with Crippen molar-refractivity contribution in [1.82, 2.24) is 10.9 Å². The molecule has 1 aliphatic heterocycles. The Morgan fingerprint density at radius 2 is 1.83 bits per heavy atom. The largest absolute Gasteiger partial charge is 0.490 e. The smallest absolute Gasteiger partial charge is 0.443 e. The number of hydrogen-bond acceptors (Lipinski definition) is 5. The molecule has 0 aromatic carbocycles. The van der Waals surface area contributed by atoms with Gasteiger partial charge < -0.3 is 14.0 Å². The Morgan fingerprint density at radius 3 is 2.29 bits per heavy atom. The molecule has 7 heteroatoms. The first-order chi connectivity index (χ1) is 10.9. The van der Waals surface area contributed by atoms with Crippen molar-refractivity contribution < 1.29 is 18.8 Å². The molecule has 1 heterocycles. The van der Waals surface area contributed by atoms with Crippen LogP contribution in [0.5, 0.6) is 0 Å². The number of amides is 1. The van der Waals surface area contributed by atoms with Crippen LogP contribution in [0.1, 0.15) is 67.7 Å². The minimum absolute atomic E-state index is 0.184. The van der Waals surface area contributed by atoms with Gasteiger partial charge in [-0.25, -0.2) is 10.2 Å². The number of allylic oxidation sites excluding steroid dienone is 1. The highest BCUT2D eigenvalue weighted by molar-refractivity contribution is 6.54. The summed E-state index contributed by atoms with van der Waals surface area (Å²) in [7, 11) is -0.269. The van der Waals surface area contributed by atoms with Crippen molar-refractivity contribution in [2.75, 3.05) is 0 Å². The minimum atomic E-state index is -0.498. The molecule has 0 saturated carbocycles. The zero-order valence-corrected chi connectivity index (χ0v) is 16.0. The lowest BCUT2D eigenvalue weighted by molar-refractivity contribution is 0.00578. The minimum Gasteiger partial charge on any atom is -0.443 e. The van der Waals surface area contributed by atoms with Crippen LogP contribution in [0.4, 0.5) is 4.79 Å². The van der Waals surface area contributed by atoms with Crippen molar-refractivity contribution in [3.05, 3.63) is 11.5 Å². The third-order valence-electron chi connectivity index (χ3n) is 4.78. The van der Waals surface area contributed by atoms with Crippen molar-refractivity contribution in [1.29, 1.82) is 0 Å². The molecule has 0 spiro atoms. The topological polar surface area (TPSA) is 68.8 Å². The predicted molar refractivity (Wildman–Crippen MR) is 94.3 cm³/mol. The molecule has 1 fully saturated rings. The van der Waals surface area contributed by atoms with Gasteiger partial charge in [0.15, 0.2) is 0 Å². The summed E-state index contributed by atoms with van der Waals surface area (Å²) in [5.41, 5.74) is 5.71. The Morgan fingerprint density at radius 1 is 1.25 bits per heavy atom. The van der Waals surface area contributed by atoms with Crippen LogP contribution in [0.3, 0.4) is 0 Å². The summed E-state index contributed by atoms with van der Waals surface area (Å²) in [6.07, 6.45) is 4.30. The molecule has 1 aliphatic carbocycles. The first kappa shape index (κ1) is 19.3. The quantitative estimate of drug-likeness (QED) is 0.611. The van der Waals surface area contributed by atoms with E-state index < -0.39 is 11.7 Å². The van der Waals surface area contributed by atoms with E-state index in [4.69, 9.17) is 14.0 Å². The molecular formula is C17H31BN2O4. The fourth-order valence-electron chi connectivity index (χ4n) is 2.66. The molecule has 1 amide bonds. The molecule has 0 bridgehead atoms. The van der Waals surface area contributed by atoms with Gasteiger partial charge in [0.2, 0.25) is 0 Å². The molecule has 1 atom stereocenters. The molecule has 24 heavy (non-hydrogen) atoms. The first-order valence-corrected chi connectivity index (χ1v) is 8.69. The highest BCUT2D eigenvalue weighted by Crippen LogP contribution is 2.40. The van der Waals surface area contributed by atoms with Crippen molar-refractivity contribution >= 4 is 13.2 Å². The third-order valence-corrected chi connectivity index (χ3v) is 4.78. The molecule has 2 N–H and O–H groups in total. The zero-order chi connectivity index (χ0) is 18.2. The number of carbonyl (C=O) groups is 1. The Bertz CT molecular complexity index is 495. The van der Waals surface area contributed by atoms with Crippen LogP contribution in [0.15, 0.2) is 11.5 Å². The van der Waals surface area contributed by atoms with Gasteiger partial charge in [0.05, 0.1) is 11.2 Å². The van der Waals surface area contributed by atoms with E-state index in [9.17, 15) is 4.79 Å². The van der Waals surface area contributed by atoms with E-state index in [1.54, 1.807) is 0 Å². The van der Waals surface area contributed by atoms with Crippen LogP contribution in [-0.2, 0) is 14.0 Å². The van der Waals surface area contributed by atoms with Crippen LogP contribution in [0.2, 0.25) is 0 Å². The predicted octanol–water partition coefficient (Wildman–Crippen LogP) is 3.13. The lowest BCUT2D eigenvalue weighted by Crippen LogP contribution is -2.47. The van der Waals surface area contributed by atoms with Gasteiger partial charge >= 0.3 is 13.2 Å². The molecule has 136 valence electrons. The lowest BCUT2D eigenvalue weighted by atomic mass is 9.72. The standard InChI is InChI=1S/C17H31BN2O4/c1-15(2,3)22-14(21)20-19-13-10-8-12(9-11-13)18-23-16(4,5)17(6,7)24-18/h8,13,19H,9-11H2,1-7H3,(H,20,21). The van der Waals surface area contributed by atoms with E-state index in [2.05, 4.69) is 44.6 Å². The van der Waals surface area contributed by atoms with Gasteiger partial charge in [-0.1, -0.05) is 6.08 Å². The summed E-state index contributed by atoms with van der Waals surface area (Å²) in [6, 6.07) is 0.184. The van der Waals surface area contributed by atoms with E-state index in [-0.39, 0.29) is 24.4 Å². The second kappa shape index (κ2) is 6.69. The van der Waals surface area contributed by atoms with E-state index in [1.165, 1.54) is 5.47 Å². The summed E-state index contributed by atoms with van der Waals surface area (Å²) in [5, 5.41) is 0. The number of ether oxygens (including phenoxy) is 1. The van der Waals surface area contributed by atoms with Crippen molar-refractivity contribution in [3.8, 4) is 0 Å². The van der Waals surface area contributed by atoms with E-state index in [0.29, 0.717) is 0 Å². The van der Waals surface area contributed by atoms with E-state index >= 15 is 0 Å². The Labute approximate surface area is 145 Å². The van der Waals surface area contributed by atoms with Gasteiger partial charge in [-0.3, -0.25) is 5.43 Å². The SMILES string of the molecule is CC(C)(C)OC(=O)NNC1CC=C(B2OC(C)(C)C(C)(C)O2)CC1. The average molecular weight is 338 g/mol. The zero-order valence-electron chi connectivity index (χ0n) is 16.0. The van der Waals surface area contributed by atoms with Gasteiger partial charge in [-0.05, 0) is 73.2 Å². The summed E-state index contributed by atoms with van der Waals surface area (Å²) >= 11 is 0. The highest BCUT2D eigenvalue weighted by Gasteiger charge is 2.52. The molecule has 1 saturated heterocycles. The van der Waals surface area contributed by atoms with Crippen molar-refractivity contribution in [2.45, 2.75) is 90.6 Å². The molecule has 2 rings (SSSR count). The van der Waals surface area contributed by atoms with Gasteiger partial charge in [-0.2, -0.15) is 0 Å². The van der Waals surface area contributed by atoms with Crippen LogP contribution < -0.4 is 10.9 Å². The summed E-state index contributed by atoms with van der Waals surface area (Å²) in [5.74, 6) is 0. The molecular weight excluding hydrogens is 307 g/mol. The molecule has 1 unspecified atom stereocenters. The van der Waals surface area contributed by atoms with Gasteiger partial charge in [0, 0.05) is 6.04 Å². The summed E-state index contributed by atoms with van der Waals surface area (Å²) in [4.78, 5) is 11.7. The number of carbonyl (C=O) groups excluding carboxylic acids is 1. The number of nitrogens with one attached hydrogen (secondary N) is 2. The fraction of sp³-hybridized carbons (Fsp3) is 0.824. The Hall–Kier alpha value is -1.05. The maximum Gasteiger partial charge on any atom is 0.490 e. The third kappa shape index (κ3) is 4.74. The van der Waals surface area contributed by atoms with E-state index in [0.717, 1.165) is 19.3 Å². The monoisotopic (exact) mass is 338 g/mol. The average Bonchev–Trinajstić information content (AvgIpc) is 2.64. The maximum atomic E-state index is 11.7. The second-order valence-electron chi connectivity index (χ2n) is 8.61. The molecule has 0 aromatic rings. The van der Waals surface area contributed by atoms with Crippen molar-refractivity contribution in [3.63, 3.8) is 0 Å². The molecule has 0 aromatic heterocycles. The van der Waals surface area contributed by atoms with Gasteiger partial charge in [0.25, 0.3) is 0 Å². The normalized spacial score (nSPS) is 26.0. The van der Waals surface area contributed by atoms with Crippen molar-refractivity contribution in [2.24, 2.45) is 0 Å². The Balaban J connectivity index is 1.81. The van der Waals surface area contributed by atoms with Crippen LogP contribution >= 0.6 is 0 Å². The first-order valence-electron chi connectivity index (χ1n) is 8.69. The lowest BCUT2D eigenvalue weighted by Gasteiger charge is -2.32. The number of hydrogen-bond donors (Lipinski definition) is 2. The maximum absolute atomic E-state index is 11.7. The van der Waals surface area contributed by atoms with Crippen LogP contribution in [0.25, 0.3) is 0 Å². The Kier molecular flexibility index (Phi) is 5.38. The fourth-order valence-corrected chi connectivity index (χ4v) is 2.66. The molecule has 0 radical (unpaired) electrons. The summed E-state index contributed by atoms with van der Waals surface area (Å²) < 4.78 is 17.4. The van der Waals surface area contributed by atoms with E-state index in [1.807, 2.05) is 20.8 Å². The van der Waals surface area contributed by atoms with Crippen LogP contribution in [-0.4, -0.2) is 36.1 Å². The van der Waals surface area contributed by atoms with Gasteiger partial charge in [0.1, 0.15) is 5.60 Å². The molecule has 2 aliphatic rings. The van der Waals surface area contributed by atoms with Crippen LogP contribution in [0, 0.1) is 0 Å².